The van der Waals surface area contributed by atoms with Crippen molar-refractivity contribution in [3.63, 3.8) is 0 Å². The van der Waals surface area contributed by atoms with E-state index < -0.39 is 35.5 Å². The van der Waals surface area contributed by atoms with Gasteiger partial charge in [-0.1, -0.05) is 0 Å². The fourth-order valence-electron chi connectivity index (χ4n) is 9.68. The number of amides is 2. The number of hydrogen-bond acceptors (Lipinski definition) is 16. The predicted molar refractivity (Wildman–Crippen MR) is 177 cm³/mol. The third-order valence-corrected chi connectivity index (χ3v) is 12.1. The molecule has 0 aromatic heterocycles. The monoisotopic (exact) mass is 722 g/mol. The molecule has 6 aliphatic heterocycles. The first-order valence-electron chi connectivity index (χ1n) is 17.4. The molecular weight excluding hydrogens is 680 g/mol. The number of nitrogens with one attached hydrogen (secondary N) is 4. The Morgan fingerprint density at radius 3 is 1.44 bits per heavy atom. The van der Waals surface area contributed by atoms with Crippen molar-refractivity contribution < 1.29 is 47.7 Å². The largest absolute Gasteiger partial charge is 0.449 e. The summed E-state index contributed by atoms with van der Waals surface area (Å²) in [6.45, 7) is 4.37. The summed E-state index contributed by atoms with van der Waals surface area (Å²) in [6.07, 6.45) is -0.900. The number of primary amides is 2. The number of allylic oxidation sites excluding steroid dienone is 4. The zero-order chi connectivity index (χ0) is 37.0. The van der Waals surface area contributed by atoms with Crippen molar-refractivity contribution in [1.29, 1.82) is 0 Å². The molecule has 8 rings (SSSR count). The highest BCUT2D eigenvalue weighted by atomic mass is 16.6. The molecule has 2 amide bonds. The molecule has 0 aromatic rings. The van der Waals surface area contributed by atoms with E-state index in [1.54, 1.807) is 13.8 Å². The van der Waals surface area contributed by atoms with Crippen LogP contribution >= 0.6 is 0 Å². The van der Waals surface area contributed by atoms with Gasteiger partial charge in [0, 0.05) is 74.8 Å². The summed E-state index contributed by atoms with van der Waals surface area (Å²) >= 11 is 0. The number of fused-ring (bicyclic) bond motifs is 8. The van der Waals surface area contributed by atoms with Crippen molar-refractivity contribution >= 4 is 35.3 Å². The van der Waals surface area contributed by atoms with Gasteiger partial charge in [0.25, 0.3) is 0 Å². The summed E-state index contributed by atoms with van der Waals surface area (Å²) in [5, 5.41) is 13.0. The molecule has 18 heteroatoms. The minimum absolute atomic E-state index is 0.0865. The maximum absolute atomic E-state index is 14.0. The number of ether oxygens (including phenoxy) is 4. The van der Waals surface area contributed by atoms with Gasteiger partial charge in [-0.15, -0.1) is 0 Å². The molecule has 0 aromatic carbocycles. The number of carbonyl (C=O) groups is 6. The summed E-state index contributed by atoms with van der Waals surface area (Å²) in [5.74, 6) is -2.80. The molecule has 0 bridgehead atoms. The summed E-state index contributed by atoms with van der Waals surface area (Å²) in [6, 6.07) is -0.121. The van der Waals surface area contributed by atoms with Crippen LogP contribution in [0.2, 0.25) is 0 Å². The average Bonchev–Trinajstić information content (AvgIpc) is 3.94. The second-order valence-electron chi connectivity index (χ2n) is 14.4. The number of piperazine rings is 2. The van der Waals surface area contributed by atoms with Gasteiger partial charge in [0.2, 0.25) is 23.1 Å². The molecule has 4 fully saturated rings. The zero-order valence-electron chi connectivity index (χ0n) is 29.3. The Balaban J connectivity index is 0.919. The van der Waals surface area contributed by atoms with Crippen LogP contribution < -0.4 is 32.7 Å². The molecule has 4 saturated heterocycles. The Morgan fingerprint density at radius 1 is 0.712 bits per heavy atom. The maximum Gasteiger partial charge on any atom is 0.404 e. The summed E-state index contributed by atoms with van der Waals surface area (Å²) in [5.41, 5.74) is 10.4. The molecule has 2 aliphatic carbocycles. The van der Waals surface area contributed by atoms with Crippen LogP contribution in [0, 0.1) is 11.8 Å². The molecule has 8 aliphatic rings. The van der Waals surface area contributed by atoms with Gasteiger partial charge in [-0.3, -0.25) is 19.2 Å². The molecule has 8 N–H and O–H groups in total. The van der Waals surface area contributed by atoms with E-state index in [0.29, 0.717) is 39.0 Å². The fraction of sp³-hybridized carbons (Fsp3) is 0.588. The van der Waals surface area contributed by atoms with E-state index in [0.717, 1.165) is 0 Å². The number of carbonyl (C=O) groups excluding carboxylic acids is 6. The molecule has 278 valence electrons. The van der Waals surface area contributed by atoms with E-state index in [1.165, 1.54) is 14.2 Å². The first-order chi connectivity index (χ1) is 24.8. The fourth-order valence-corrected chi connectivity index (χ4v) is 9.68. The Labute approximate surface area is 298 Å². The molecule has 0 unspecified atom stereocenters. The molecular formula is C34H42N8O10. The second-order valence-corrected chi connectivity index (χ2v) is 14.4. The summed E-state index contributed by atoms with van der Waals surface area (Å²) < 4.78 is 22.4. The SMILES string of the molecule is CO[C@@]12[C@H](COC(N)=O)C3=C(C(=O)C(C)=C(NCCCCNC4=C(C)C(=O)C5=C(C4=O)[C@@H](COC(N)=O)[C@@]4(OC)[C@H]6N[C@H]6CN54)C3=O)N1C[C@@H]1N[C@@H]12. The Bertz CT molecular complexity index is 1740. The predicted octanol–water partition coefficient (Wildman–Crippen LogP) is -2.25. The Morgan fingerprint density at radius 2 is 1.10 bits per heavy atom. The number of ketones is 4. The standard InChI is InChI=1S/C34H42N8O10/c1-13-21(27(45)19-15(11-51-31(35)47)33(49-3)29-17(39-29)9-41(33)23(19)25(13)43)37-7-5-6-8-38-22-14(2)26(44)24-20(28(22)46)16(12-52-32(36)48)34(50-4)30-18(40-30)10-42(24)34/h15-18,29-30,37-40H,5-12H2,1-4H3,(H2,35,47)(H2,36,48)/t15-,16-,17+,18+,29+,30+,33-,34-/m1/s1. The van der Waals surface area contributed by atoms with Crippen molar-refractivity contribution in [2.24, 2.45) is 23.3 Å². The molecule has 6 heterocycles. The van der Waals surface area contributed by atoms with E-state index in [1.807, 2.05) is 9.80 Å². The molecule has 8 atom stereocenters. The lowest BCUT2D eigenvalue weighted by Gasteiger charge is -2.39. The lowest BCUT2D eigenvalue weighted by molar-refractivity contribution is -0.137. The number of hydrogen-bond donors (Lipinski definition) is 6. The van der Waals surface area contributed by atoms with Crippen LogP contribution in [0.1, 0.15) is 26.7 Å². The van der Waals surface area contributed by atoms with Crippen molar-refractivity contribution in [3.8, 4) is 0 Å². The van der Waals surface area contributed by atoms with Gasteiger partial charge in [0.1, 0.15) is 13.2 Å². The van der Waals surface area contributed by atoms with E-state index in [-0.39, 0.29) is 106 Å². The number of Topliss-reactive ketones (excluding diaryl/α,β-unsaturated/α-hetero) is 4. The van der Waals surface area contributed by atoms with Crippen molar-refractivity contribution in [2.75, 3.05) is 53.6 Å². The van der Waals surface area contributed by atoms with Gasteiger partial charge >= 0.3 is 12.2 Å². The number of methoxy groups -OCH3 is 2. The Kier molecular flexibility index (Phi) is 7.83. The minimum Gasteiger partial charge on any atom is -0.449 e. The quantitative estimate of drug-likeness (QED) is 0.0666. The molecule has 52 heavy (non-hydrogen) atoms. The second kappa shape index (κ2) is 11.9. The first-order valence-corrected chi connectivity index (χ1v) is 17.4. The van der Waals surface area contributed by atoms with E-state index in [2.05, 4.69) is 21.3 Å². The maximum atomic E-state index is 14.0. The lowest BCUT2D eigenvalue weighted by Crippen LogP contribution is -2.55. The van der Waals surface area contributed by atoms with Crippen LogP contribution in [0.3, 0.4) is 0 Å². The summed E-state index contributed by atoms with van der Waals surface area (Å²) in [7, 11) is 3.03. The highest BCUT2D eigenvalue weighted by molar-refractivity contribution is 6.26. The molecule has 0 radical (unpaired) electrons. The lowest BCUT2D eigenvalue weighted by atomic mass is 9.82. The van der Waals surface area contributed by atoms with Gasteiger partial charge in [-0.25, -0.2) is 9.59 Å². The highest BCUT2D eigenvalue weighted by Crippen LogP contribution is 2.57. The average molecular weight is 723 g/mol. The van der Waals surface area contributed by atoms with Gasteiger partial charge in [-0.2, -0.15) is 0 Å². The molecule has 0 saturated carbocycles. The van der Waals surface area contributed by atoms with E-state index in [4.69, 9.17) is 30.4 Å². The topological polar surface area (TPSA) is 266 Å². The van der Waals surface area contributed by atoms with Crippen LogP contribution in [0.15, 0.2) is 45.1 Å². The van der Waals surface area contributed by atoms with E-state index in [9.17, 15) is 28.8 Å². The van der Waals surface area contributed by atoms with Crippen molar-refractivity contribution in [1.82, 2.24) is 31.1 Å². The van der Waals surface area contributed by atoms with Crippen molar-refractivity contribution in [2.45, 2.75) is 62.3 Å². The highest BCUT2D eigenvalue weighted by Gasteiger charge is 2.74. The molecule has 18 nitrogen and oxygen atoms in total. The van der Waals surface area contributed by atoms with Crippen LogP contribution in [0.5, 0.6) is 0 Å². The van der Waals surface area contributed by atoms with E-state index >= 15 is 0 Å². The third-order valence-electron chi connectivity index (χ3n) is 12.1. The zero-order valence-corrected chi connectivity index (χ0v) is 29.3. The number of rotatable bonds is 13. The van der Waals surface area contributed by atoms with Gasteiger partial charge in [0.05, 0.1) is 46.7 Å². The Hall–Kier alpha value is -4.78. The van der Waals surface area contributed by atoms with Gasteiger partial charge < -0.3 is 61.5 Å². The normalized spacial score (nSPS) is 35.1. The van der Waals surface area contributed by atoms with Gasteiger partial charge in [0.15, 0.2) is 11.4 Å². The van der Waals surface area contributed by atoms with Crippen LogP contribution in [-0.4, -0.2) is 134 Å². The third kappa shape index (κ3) is 4.50. The number of nitrogens with two attached hydrogens (primary N) is 2. The smallest absolute Gasteiger partial charge is 0.404 e. The van der Waals surface area contributed by atoms with Crippen LogP contribution in [-0.2, 0) is 38.1 Å². The minimum atomic E-state index is -1.07. The number of unbranched alkanes of at least 4 members (excludes halogenated alkanes) is 1. The number of nitrogens with zero attached hydrogens (tertiary/aromatic N) is 2. The van der Waals surface area contributed by atoms with Crippen LogP contribution in [0.4, 0.5) is 9.59 Å². The first kappa shape index (κ1) is 34.3. The van der Waals surface area contributed by atoms with Crippen molar-refractivity contribution in [3.05, 3.63) is 45.1 Å². The summed E-state index contributed by atoms with van der Waals surface area (Å²) in [4.78, 5) is 82.5. The molecule has 0 spiro atoms. The van der Waals surface area contributed by atoms with Gasteiger partial charge in [-0.05, 0) is 26.7 Å². The van der Waals surface area contributed by atoms with Crippen LogP contribution in [0.25, 0.3) is 0 Å².